The van der Waals surface area contributed by atoms with Crippen molar-refractivity contribution in [2.75, 3.05) is 14.1 Å². The number of aliphatic hydroxyl groups is 1. The van der Waals surface area contributed by atoms with Gasteiger partial charge in [0.1, 0.15) is 5.41 Å². The van der Waals surface area contributed by atoms with Crippen LogP contribution in [0.25, 0.3) is 0 Å². The fourth-order valence-electron chi connectivity index (χ4n) is 4.71. The van der Waals surface area contributed by atoms with E-state index in [9.17, 15) is 14.7 Å². The van der Waals surface area contributed by atoms with Gasteiger partial charge in [-0.15, -0.1) is 0 Å². The van der Waals surface area contributed by atoms with Crippen molar-refractivity contribution in [3.8, 4) is 0 Å². The van der Waals surface area contributed by atoms with Crippen LogP contribution in [0, 0.1) is 11.3 Å². The lowest BCUT2D eigenvalue weighted by Crippen LogP contribution is -2.72. The van der Waals surface area contributed by atoms with E-state index in [2.05, 4.69) is 0 Å². The number of aliphatic hydroxyl groups excluding tert-OH is 1. The Balaban J connectivity index is 2.08. The highest BCUT2D eigenvalue weighted by Gasteiger charge is 2.69. The van der Waals surface area contributed by atoms with Crippen LogP contribution in [-0.2, 0) is 9.59 Å². The van der Waals surface area contributed by atoms with Crippen molar-refractivity contribution in [1.29, 1.82) is 0 Å². The zero-order chi connectivity index (χ0) is 14.3. The molecule has 2 spiro atoms. The predicted molar refractivity (Wildman–Crippen MR) is 71.5 cm³/mol. The summed E-state index contributed by atoms with van der Waals surface area (Å²) in [6, 6.07) is -0.245. The van der Waals surface area contributed by atoms with Crippen molar-refractivity contribution < 1.29 is 14.7 Å². The molecule has 1 saturated carbocycles. The first-order valence-electron chi connectivity index (χ1n) is 7.07. The van der Waals surface area contributed by atoms with Gasteiger partial charge in [0.05, 0.1) is 23.6 Å². The predicted octanol–water partition coefficient (Wildman–Crippen LogP) is -0.0789. The zero-order valence-corrected chi connectivity index (χ0v) is 11.6. The third-order valence-corrected chi connectivity index (χ3v) is 5.88. The highest BCUT2D eigenvalue weighted by atomic mass is 16.3. The van der Waals surface area contributed by atoms with Gasteiger partial charge in [0.15, 0.2) is 0 Å². The van der Waals surface area contributed by atoms with Crippen LogP contribution >= 0.6 is 0 Å². The van der Waals surface area contributed by atoms with Crippen LogP contribution in [0.3, 0.4) is 0 Å². The number of rotatable bonds is 0. The number of carbonyl (C=O) groups excluding carboxylic acids is 2. The molecule has 5 aliphatic heterocycles. The SMILES string of the molecule is CN1C(=O)[C@@]23C=C[C@@H]1[C@H]1C=C[C@]2(CC[C@H]3O)N(C)C1=O. The maximum Gasteiger partial charge on any atom is 0.238 e. The van der Waals surface area contributed by atoms with Gasteiger partial charge in [0, 0.05) is 14.1 Å². The fourth-order valence-corrected chi connectivity index (χ4v) is 4.71. The minimum absolute atomic E-state index is 0.0414. The number of likely N-dealkylation sites (N-methyl/N-ethyl adjacent to an activating group) is 2. The summed E-state index contributed by atoms with van der Waals surface area (Å²) in [5.41, 5.74) is -1.74. The van der Waals surface area contributed by atoms with Crippen LogP contribution < -0.4 is 0 Å². The second-order valence-corrected chi connectivity index (χ2v) is 6.40. The molecular weight excluding hydrogens is 256 g/mol. The van der Waals surface area contributed by atoms with Gasteiger partial charge in [-0.3, -0.25) is 9.59 Å². The molecule has 1 saturated heterocycles. The van der Waals surface area contributed by atoms with Gasteiger partial charge in [0.25, 0.3) is 0 Å². The Morgan fingerprint density at radius 2 is 2.00 bits per heavy atom. The molecule has 5 heteroatoms. The normalized spacial score (nSPS) is 48.9. The number of nitrogens with zero attached hydrogens (tertiary/aromatic N) is 2. The number of amides is 2. The van der Waals surface area contributed by atoms with Crippen molar-refractivity contribution in [2.45, 2.75) is 30.5 Å². The van der Waals surface area contributed by atoms with Crippen molar-refractivity contribution in [3.63, 3.8) is 0 Å². The first-order chi connectivity index (χ1) is 9.45. The lowest BCUT2D eigenvalue weighted by atomic mass is 9.61. The summed E-state index contributed by atoms with van der Waals surface area (Å²) in [5, 5.41) is 10.6. The molecule has 0 aromatic carbocycles. The summed E-state index contributed by atoms with van der Waals surface area (Å²) in [5.74, 6) is -0.338. The molecule has 7 aliphatic rings. The van der Waals surface area contributed by atoms with Crippen LogP contribution in [0.5, 0.6) is 0 Å². The maximum atomic E-state index is 13.0. The molecule has 0 unspecified atom stereocenters. The van der Waals surface area contributed by atoms with Crippen LogP contribution in [0.1, 0.15) is 12.8 Å². The minimum Gasteiger partial charge on any atom is -0.392 e. The smallest absolute Gasteiger partial charge is 0.238 e. The van der Waals surface area contributed by atoms with Gasteiger partial charge < -0.3 is 14.9 Å². The molecule has 20 heavy (non-hydrogen) atoms. The summed E-state index contributed by atoms with van der Waals surface area (Å²) >= 11 is 0. The van der Waals surface area contributed by atoms with E-state index in [1.54, 1.807) is 23.9 Å². The van der Waals surface area contributed by atoms with Crippen molar-refractivity contribution in [1.82, 2.24) is 9.80 Å². The van der Waals surface area contributed by atoms with Crippen LogP contribution in [0.15, 0.2) is 24.3 Å². The Kier molecular flexibility index (Phi) is 2.03. The van der Waals surface area contributed by atoms with E-state index in [1.165, 1.54) is 0 Å². The fraction of sp³-hybridized carbons (Fsp3) is 0.600. The van der Waals surface area contributed by atoms with E-state index in [1.807, 2.05) is 24.3 Å². The summed E-state index contributed by atoms with van der Waals surface area (Å²) in [6.07, 6.45) is 8.14. The Morgan fingerprint density at radius 3 is 2.75 bits per heavy atom. The molecule has 5 nitrogen and oxygen atoms in total. The Morgan fingerprint density at radius 1 is 1.25 bits per heavy atom. The molecule has 5 atom stereocenters. The molecular formula is C15H18N2O3. The van der Waals surface area contributed by atoms with Gasteiger partial charge in [-0.1, -0.05) is 24.3 Å². The van der Waals surface area contributed by atoms with E-state index in [4.69, 9.17) is 0 Å². The van der Waals surface area contributed by atoms with Crippen molar-refractivity contribution >= 4 is 11.8 Å². The zero-order valence-electron chi connectivity index (χ0n) is 11.6. The van der Waals surface area contributed by atoms with Crippen LogP contribution in [-0.4, -0.2) is 58.5 Å². The van der Waals surface area contributed by atoms with Gasteiger partial charge in [-0.25, -0.2) is 0 Å². The molecule has 1 N–H and O–H groups in total. The van der Waals surface area contributed by atoms with Gasteiger partial charge in [-0.05, 0) is 12.8 Å². The highest BCUT2D eigenvalue weighted by molar-refractivity contribution is 5.96. The summed E-state index contributed by atoms with van der Waals surface area (Å²) < 4.78 is 0. The first-order valence-corrected chi connectivity index (χ1v) is 7.07. The van der Waals surface area contributed by atoms with E-state index in [0.29, 0.717) is 12.8 Å². The molecule has 5 heterocycles. The molecule has 7 rings (SSSR count). The Hall–Kier alpha value is -1.62. The third kappa shape index (κ3) is 0.965. The average Bonchev–Trinajstić information content (AvgIpc) is 2.67. The average molecular weight is 274 g/mol. The van der Waals surface area contributed by atoms with Crippen molar-refractivity contribution in [3.05, 3.63) is 24.3 Å². The van der Waals surface area contributed by atoms with E-state index in [0.717, 1.165) is 0 Å². The molecule has 0 aromatic rings. The Bertz CT molecular complexity index is 584. The van der Waals surface area contributed by atoms with Gasteiger partial charge in [0.2, 0.25) is 11.8 Å². The summed E-state index contributed by atoms with van der Waals surface area (Å²) in [4.78, 5) is 29.0. The van der Waals surface area contributed by atoms with Crippen LogP contribution in [0.4, 0.5) is 0 Å². The molecule has 0 aromatic heterocycles. The first kappa shape index (κ1) is 12.1. The highest BCUT2D eigenvalue weighted by Crippen LogP contribution is 2.58. The minimum atomic E-state index is -1.02. The summed E-state index contributed by atoms with van der Waals surface area (Å²) in [6.45, 7) is 0. The lowest BCUT2D eigenvalue weighted by Gasteiger charge is -2.57. The quantitative estimate of drug-likeness (QED) is 0.629. The molecule has 2 fully saturated rings. The molecule has 0 radical (unpaired) electrons. The summed E-state index contributed by atoms with van der Waals surface area (Å²) in [7, 11) is 3.50. The second-order valence-electron chi connectivity index (χ2n) is 6.40. The second kappa shape index (κ2) is 3.34. The topological polar surface area (TPSA) is 60.9 Å². The van der Waals surface area contributed by atoms with E-state index in [-0.39, 0.29) is 23.8 Å². The monoisotopic (exact) mass is 274 g/mol. The molecule has 106 valence electrons. The third-order valence-electron chi connectivity index (χ3n) is 5.88. The number of hydrogen-bond acceptors (Lipinski definition) is 3. The number of hydrogen-bond donors (Lipinski definition) is 1. The van der Waals surface area contributed by atoms with Gasteiger partial charge in [-0.2, -0.15) is 0 Å². The lowest BCUT2D eigenvalue weighted by molar-refractivity contribution is -0.165. The van der Waals surface area contributed by atoms with E-state index >= 15 is 0 Å². The largest absolute Gasteiger partial charge is 0.392 e. The number of carbonyl (C=O) groups is 2. The van der Waals surface area contributed by atoms with Gasteiger partial charge >= 0.3 is 0 Å². The standard InChI is InChI=1S/C15H18N2O3/c1-16-10-4-8-15(13(16)20)11(18)5-7-14(15)6-3-9(10)12(19)17(14)2/h3-4,6,8-11,18H,5,7H2,1-2H3/t9-,10-,11-,14-,15+/m1/s1. The van der Waals surface area contributed by atoms with Crippen LogP contribution in [0.2, 0.25) is 0 Å². The molecule has 2 aliphatic carbocycles. The molecule has 4 bridgehead atoms. The molecule has 2 amide bonds. The Labute approximate surface area is 117 Å². The van der Waals surface area contributed by atoms with E-state index < -0.39 is 17.1 Å². The maximum absolute atomic E-state index is 13.0. The van der Waals surface area contributed by atoms with Crippen molar-refractivity contribution in [2.24, 2.45) is 11.3 Å².